The van der Waals surface area contributed by atoms with Crippen molar-refractivity contribution in [3.8, 4) is 5.75 Å². The normalized spacial score (nSPS) is 12.2. The topological polar surface area (TPSA) is 36.3 Å². The molecule has 0 unspecified atom stereocenters. The predicted molar refractivity (Wildman–Crippen MR) is 97.5 cm³/mol. The van der Waals surface area contributed by atoms with E-state index in [9.17, 15) is 0 Å². The second kappa shape index (κ2) is 10.9. The highest BCUT2D eigenvalue weighted by atomic mass is 16.5. The van der Waals surface area contributed by atoms with Crippen LogP contribution in [0.4, 0.5) is 0 Å². The first-order chi connectivity index (χ1) is 11.8. The average Bonchev–Trinajstić information content (AvgIpc) is 3.14. The highest BCUT2D eigenvalue weighted by molar-refractivity contribution is 5.27. The second-order valence-corrected chi connectivity index (χ2v) is 6.08. The Hall–Kier alpha value is -1.81. The van der Waals surface area contributed by atoms with Gasteiger partial charge in [0, 0.05) is 19.0 Å². The third-order valence-corrected chi connectivity index (χ3v) is 4.12. The van der Waals surface area contributed by atoms with E-state index in [4.69, 9.17) is 9.47 Å². The van der Waals surface area contributed by atoms with Gasteiger partial charge in [-0.25, -0.2) is 4.98 Å². The van der Waals surface area contributed by atoms with Crippen molar-refractivity contribution in [2.75, 3.05) is 19.8 Å². The van der Waals surface area contributed by atoms with Gasteiger partial charge in [0.25, 0.3) is 0 Å². The van der Waals surface area contributed by atoms with E-state index in [0.717, 1.165) is 31.8 Å². The molecule has 132 valence electrons. The third kappa shape index (κ3) is 6.36. The fraction of sp³-hybridized carbons (Fsp3) is 0.550. The van der Waals surface area contributed by atoms with Crippen molar-refractivity contribution < 1.29 is 9.47 Å². The summed E-state index contributed by atoms with van der Waals surface area (Å²) < 4.78 is 13.6. The van der Waals surface area contributed by atoms with Gasteiger partial charge in [0.1, 0.15) is 5.75 Å². The number of benzene rings is 1. The van der Waals surface area contributed by atoms with Crippen LogP contribution in [0.3, 0.4) is 0 Å². The maximum absolute atomic E-state index is 5.81. The van der Waals surface area contributed by atoms with Gasteiger partial charge < -0.3 is 14.0 Å². The summed E-state index contributed by atoms with van der Waals surface area (Å²) in [4.78, 5) is 4.15. The maximum atomic E-state index is 5.81. The Morgan fingerprint density at radius 1 is 1.08 bits per heavy atom. The summed E-state index contributed by atoms with van der Waals surface area (Å²) in [6.45, 7) is 6.49. The first kappa shape index (κ1) is 18.5. The lowest BCUT2D eigenvalue weighted by Gasteiger charge is -2.18. The number of hydrogen-bond acceptors (Lipinski definition) is 3. The molecule has 0 radical (unpaired) electrons. The van der Waals surface area contributed by atoms with Crippen LogP contribution in [0.2, 0.25) is 0 Å². The Morgan fingerprint density at radius 3 is 2.58 bits per heavy atom. The van der Waals surface area contributed by atoms with E-state index in [-0.39, 0.29) is 6.04 Å². The van der Waals surface area contributed by atoms with Crippen LogP contribution in [0, 0.1) is 0 Å². The van der Waals surface area contributed by atoms with Gasteiger partial charge in [0.2, 0.25) is 0 Å². The standard InChI is InChI=1S/C20H30N2O2/c1-3-5-6-7-14-24-20-10-8-18(9-11-20)15-19(16-23-4-2)22-13-12-21-17-22/h8-13,17,19H,3-7,14-16H2,1-2H3/t19-/m0/s1. The number of rotatable bonds is 12. The summed E-state index contributed by atoms with van der Waals surface area (Å²) in [5.41, 5.74) is 1.28. The molecule has 1 atom stereocenters. The molecule has 0 aliphatic heterocycles. The van der Waals surface area contributed by atoms with Crippen LogP contribution in [-0.4, -0.2) is 29.4 Å². The van der Waals surface area contributed by atoms with Gasteiger partial charge in [-0.15, -0.1) is 0 Å². The van der Waals surface area contributed by atoms with Gasteiger partial charge in [0.05, 0.1) is 25.6 Å². The van der Waals surface area contributed by atoms with Crippen molar-refractivity contribution in [1.82, 2.24) is 9.55 Å². The summed E-state index contributed by atoms with van der Waals surface area (Å²) in [5.74, 6) is 0.958. The molecule has 2 aromatic rings. The van der Waals surface area contributed by atoms with Crippen LogP contribution in [0.15, 0.2) is 43.0 Å². The minimum absolute atomic E-state index is 0.272. The molecule has 0 aliphatic rings. The fourth-order valence-electron chi connectivity index (χ4n) is 2.70. The lowest BCUT2D eigenvalue weighted by molar-refractivity contribution is 0.113. The molecule has 4 nitrogen and oxygen atoms in total. The molecular weight excluding hydrogens is 300 g/mol. The van der Waals surface area contributed by atoms with Crippen molar-refractivity contribution in [3.63, 3.8) is 0 Å². The molecule has 1 aromatic heterocycles. The van der Waals surface area contributed by atoms with E-state index in [1.54, 1.807) is 0 Å². The molecule has 1 aromatic carbocycles. The van der Waals surface area contributed by atoms with Crippen LogP contribution in [0.1, 0.15) is 51.1 Å². The van der Waals surface area contributed by atoms with Gasteiger partial charge in [-0.05, 0) is 37.5 Å². The van der Waals surface area contributed by atoms with Gasteiger partial charge in [-0.3, -0.25) is 0 Å². The largest absolute Gasteiger partial charge is 0.494 e. The highest BCUT2D eigenvalue weighted by Gasteiger charge is 2.11. The Labute approximate surface area is 145 Å². The number of hydrogen-bond donors (Lipinski definition) is 0. The number of imidazole rings is 1. The van der Waals surface area contributed by atoms with E-state index in [2.05, 4.69) is 40.7 Å². The van der Waals surface area contributed by atoms with Crippen LogP contribution in [-0.2, 0) is 11.2 Å². The van der Waals surface area contributed by atoms with E-state index in [0.29, 0.717) is 6.61 Å². The lowest BCUT2D eigenvalue weighted by atomic mass is 10.1. The average molecular weight is 330 g/mol. The molecule has 0 aliphatic carbocycles. The third-order valence-electron chi connectivity index (χ3n) is 4.12. The monoisotopic (exact) mass is 330 g/mol. The summed E-state index contributed by atoms with van der Waals surface area (Å²) in [6, 6.07) is 8.71. The Bertz CT molecular complexity index is 537. The molecule has 24 heavy (non-hydrogen) atoms. The van der Waals surface area contributed by atoms with E-state index in [1.165, 1.54) is 24.8 Å². The molecule has 2 rings (SSSR count). The summed E-state index contributed by atoms with van der Waals surface area (Å²) in [7, 11) is 0. The lowest BCUT2D eigenvalue weighted by Crippen LogP contribution is -2.17. The zero-order valence-electron chi connectivity index (χ0n) is 15.0. The maximum Gasteiger partial charge on any atom is 0.119 e. The van der Waals surface area contributed by atoms with E-state index in [1.807, 2.05) is 25.6 Å². The van der Waals surface area contributed by atoms with Crippen LogP contribution >= 0.6 is 0 Å². The highest BCUT2D eigenvalue weighted by Crippen LogP contribution is 2.18. The number of unbranched alkanes of at least 4 members (excludes halogenated alkanes) is 3. The van der Waals surface area contributed by atoms with Crippen LogP contribution in [0.5, 0.6) is 5.75 Å². The molecule has 0 saturated carbocycles. The SMILES string of the molecule is CCCCCCOc1ccc(C[C@@H](COCC)n2ccnc2)cc1. The van der Waals surface area contributed by atoms with Gasteiger partial charge in [0.15, 0.2) is 0 Å². The van der Waals surface area contributed by atoms with Crippen molar-refractivity contribution in [2.24, 2.45) is 0 Å². The molecule has 0 spiro atoms. The zero-order chi connectivity index (χ0) is 17.0. The number of nitrogens with zero attached hydrogens (tertiary/aromatic N) is 2. The van der Waals surface area contributed by atoms with Gasteiger partial charge in [-0.1, -0.05) is 38.3 Å². The minimum atomic E-state index is 0.272. The van der Waals surface area contributed by atoms with E-state index >= 15 is 0 Å². The smallest absolute Gasteiger partial charge is 0.119 e. The summed E-state index contributed by atoms with van der Waals surface area (Å²) >= 11 is 0. The van der Waals surface area contributed by atoms with Crippen molar-refractivity contribution >= 4 is 0 Å². The Balaban J connectivity index is 1.84. The Kier molecular flexibility index (Phi) is 8.39. The van der Waals surface area contributed by atoms with Gasteiger partial charge >= 0.3 is 0 Å². The molecule has 0 saturated heterocycles. The molecule has 0 amide bonds. The minimum Gasteiger partial charge on any atom is -0.494 e. The number of aromatic nitrogens is 2. The quantitative estimate of drug-likeness (QED) is 0.531. The first-order valence-corrected chi connectivity index (χ1v) is 9.10. The molecule has 0 bridgehead atoms. The van der Waals surface area contributed by atoms with Gasteiger partial charge in [-0.2, -0.15) is 0 Å². The molecule has 0 fully saturated rings. The summed E-state index contributed by atoms with van der Waals surface area (Å²) in [5, 5.41) is 0. The number of ether oxygens (including phenoxy) is 2. The Morgan fingerprint density at radius 2 is 1.92 bits per heavy atom. The molecule has 0 N–H and O–H groups in total. The van der Waals surface area contributed by atoms with Crippen molar-refractivity contribution in [2.45, 2.75) is 52.0 Å². The second-order valence-electron chi connectivity index (χ2n) is 6.08. The van der Waals surface area contributed by atoms with Crippen molar-refractivity contribution in [3.05, 3.63) is 48.5 Å². The van der Waals surface area contributed by atoms with Crippen LogP contribution in [0.25, 0.3) is 0 Å². The van der Waals surface area contributed by atoms with Crippen LogP contribution < -0.4 is 4.74 Å². The zero-order valence-corrected chi connectivity index (χ0v) is 15.0. The first-order valence-electron chi connectivity index (χ1n) is 9.10. The summed E-state index contributed by atoms with van der Waals surface area (Å²) in [6.07, 6.45) is 11.5. The predicted octanol–water partition coefficient (Wildman–Crippen LogP) is 4.66. The molecular formula is C20H30N2O2. The molecule has 1 heterocycles. The molecule has 4 heteroatoms. The fourth-order valence-corrected chi connectivity index (χ4v) is 2.70. The van der Waals surface area contributed by atoms with Crippen molar-refractivity contribution in [1.29, 1.82) is 0 Å². The van der Waals surface area contributed by atoms with E-state index < -0.39 is 0 Å².